The summed E-state index contributed by atoms with van der Waals surface area (Å²) in [5.74, 6) is 0.727. The molecule has 9 heteroatoms. The van der Waals surface area contributed by atoms with Crippen LogP contribution in [0, 0.1) is 0 Å². The first-order valence-electron chi connectivity index (χ1n) is 10.4. The number of nitrogens with zero attached hydrogens (tertiary/aromatic N) is 3. The third kappa shape index (κ3) is 4.68. The standard InChI is InChI=1S/C25H19ClN6OS/c26-16-4-6-17(7-5-16)32-25(33)19-2-1-11-28-24(19)29-13-18-8-10-22(34-18)15-3-9-21-20(12-15)23(27)31-14-30-21/h1-12,14H,13H2,(H,28,29)(H,32,33)(H2,27,30,31). The zero-order chi connectivity index (χ0) is 23.5. The number of hydrogen-bond acceptors (Lipinski definition) is 7. The molecular formula is C25H19ClN6OS. The lowest BCUT2D eigenvalue weighted by atomic mass is 10.1. The van der Waals surface area contributed by atoms with Crippen LogP contribution in [0.25, 0.3) is 21.3 Å². The van der Waals surface area contributed by atoms with Gasteiger partial charge in [-0.2, -0.15) is 0 Å². The summed E-state index contributed by atoms with van der Waals surface area (Å²) >= 11 is 7.57. The van der Waals surface area contributed by atoms with E-state index in [2.05, 4.69) is 37.7 Å². The molecule has 0 spiro atoms. The van der Waals surface area contributed by atoms with Crippen LogP contribution in [0.3, 0.4) is 0 Å². The SMILES string of the molecule is Nc1ncnc2ccc(-c3ccc(CNc4ncccc4C(=O)Nc4ccc(Cl)cc4)s3)cc12. The highest BCUT2D eigenvalue weighted by Crippen LogP contribution is 2.31. The molecule has 1 amide bonds. The van der Waals surface area contributed by atoms with Crippen molar-refractivity contribution in [2.45, 2.75) is 6.54 Å². The van der Waals surface area contributed by atoms with E-state index >= 15 is 0 Å². The molecule has 5 aromatic rings. The molecule has 2 aromatic carbocycles. The average Bonchev–Trinajstić information content (AvgIpc) is 3.33. The van der Waals surface area contributed by atoms with Crippen molar-refractivity contribution in [3.8, 4) is 10.4 Å². The molecule has 0 aliphatic carbocycles. The molecule has 5 rings (SSSR count). The largest absolute Gasteiger partial charge is 0.383 e. The molecule has 0 unspecified atom stereocenters. The number of halogens is 1. The first-order chi connectivity index (χ1) is 16.6. The Balaban J connectivity index is 1.31. The normalized spacial score (nSPS) is 10.9. The summed E-state index contributed by atoms with van der Waals surface area (Å²) in [6, 6.07) is 20.5. The molecular weight excluding hydrogens is 468 g/mol. The van der Waals surface area contributed by atoms with Crippen LogP contribution in [0.1, 0.15) is 15.2 Å². The summed E-state index contributed by atoms with van der Waals surface area (Å²) in [4.78, 5) is 27.7. The summed E-state index contributed by atoms with van der Waals surface area (Å²) in [6.45, 7) is 0.530. The average molecular weight is 487 g/mol. The molecule has 7 nitrogen and oxygen atoms in total. The Labute approximate surface area is 204 Å². The summed E-state index contributed by atoms with van der Waals surface area (Å²) < 4.78 is 0. The van der Waals surface area contributed by atoms with Crippen LogP contribution in [-0.2, 0) is 6.54 Å². The van der Waals surface area contributed by atoms with Crippen molar-refractivity contribution in [3.63, 3.8) is 0 Å². The van der Waals surface area contributed by atoms with E-state index in [-0.39, 0.29) is 5.91 Å². The number of pyridine rings is 1. The highest BCUT2D eigenvalue weighted by atomic mass is 35.5. The Morgan fingerprint density at radius 3 is 2.71 bits per heavy atom. The van der Waals surface area contributed by atoms with E-state index < -0.39 is 0 Å². The van der Waals surface area contributed by atoms with Gasteiger partial charge in [0.05, 0.1) is 17.6 Å². The number of carbonyl (C=O) groups is 1. The number of nitrogens with two attached hydrogens (primary N) is 1. The molecule has 0 saturated heterocycles. The molecule has 0 saturated carbocycles. The highest BCUT2D eigenvalue weighted by molar-refractivity contribution is 7.15. The van der Waals surface area contributed by atoms with Crippen molar-refractivity contribution in [1.29, 1.82) is 0 Å². The van der Waals surface area contributed by atoms with Crippen LogP contribution in [0.5, 0.6) is 0 Å². The molecule has 3 heterocycles. The highest BCUT2D eigenvalue weighted by Gasteiger charge is 2.13. The van der Waals surface area contributed by atoms with E-state index in [0.29, 0.717) is 34.5 Å². The predicted octanol–water partition coefficient (Wildman–Crippen LogP) is 5.85. The minimum atomic E-state index is -0.249. The van der Waals surface area contributed by atoms with Crippen LogP contribution in [0.4, 0.5) is 17.3 Å². The fourth-order valence-corrected chi connectivity index (χ4v) is 4.56. The predicted molar refractivity (Wildman–Crippen MR) is 138 cm³/mol. The van der Waals surface area contributed by atoms with Gasteiger partial charge in [0, 0.05) is 32.0 Å². The quantitative estimate of drug-likeness (QED) is 0.278. The van der Waals surface area contributed by atoms with Crippen molar-refractivity contribution in [1.82, 2.24) is 15.0 Å². The second-order valence-corrected chi connectivity index (χ2v) is 9.08. The smallest absolute Gasteiger partial charge is 0.259 e. The second kappa shape index (κ2) is 9.46. The van der Waals surface area contributed by atoms with Gasteiger partial charge in [-0.1, -0.05) is 17.7 Å². The Bertz CT molecular complexity index is 1480. The zero-order valence-corrected chi connectivity index (χ0v) is 19.4. The number of fused-ring (bicyclic) bond motifs is 1. The van der Waals surface area contributed by atoms with Crippen LogP contribution in [0.15, 0.2) is 79.3 Å². The Hall–Kier alpha value is -4.01. The first kappa shape index (κ1) is 21.8. The van der Waals surface area contributed by atoms with Crippen molar-refractivity contribution >= 4 is 57.1 Å². The molecule has 4 N–H and O–H groups in total. The number of nitrogens with one attached hydrogen (secondary N) is 2. The minimum absolute atomic E-state index is 0.249. The number of hydrogen-bond donors (Lipinski definition) is 3. The third-order valence-electron chi connectivity index (χ3n) is 5.20. The second-order valence-electron chi connectivity index (χ2n) is 7.47. The fraction of sp³-hybridized carbons (Fsp3) is 0.0400. The zero-order valence-electron chi connectivity index (χ0n) is 17.8. The molecule has 0 aliphatic heterocycles. The lowest BCUT2D eigenvalue weighted by molar-refractivity contribution is 0.102. The lowest BCUT2D eigenvalue weighted by Gasteiger charge is -2.11. The minimum Gasteiger partial charge on any atom is -0.383 e. The number of thiophene rings is 1. The Morgan fingerprint density at radius 1 is 1.00 bits per heavy atom. The summed E-state index contributed by atoms with van der Waals surface area (Å²) in [7, 11) is 0. The fourth-order valence-electron chi connectivity index (χ4n) is 3.49. The molecule has 0 fully saturated rings. The molecule has 168 valence electrons. The molecule has 34 heavy (non-hydrogen) atoms. The molecule has 3 aromatic heterocycles. The van der Waals surface area contributed by atoms with Crippen LogP contribution in [0.2, 0.25) is 5.02 Å². The maximum absolute atomic E-state index is 12.8. The van der Waals surface area contributed by atoms with Gasteiger partial charge in [0.15, 0.2) is 0 Å². The van der Waals surface area contributed by atoms with Crippen LogP contribution < -0.4 is 16.4 Å². The summed E-state index contributed by atoms with van der Waals surface area (Å²) in [5.41, 5.74) is 8.99. The van der Waals surface area contributed by atoms with E-state index in [4.69, 9.17) is 17.3 Å². The van der Waals surface area contributed by atoms with Gasteiger partial charge in [0.2, 0.25) is 0 Å². The maximum atomic E-state index is 12.8. The van der Waals surface area contributed by atoms with E-state index in [1.807, 2.05) is 18.2 Å². The van der Waals surface area contributed by atoms with Gasteiger partial charge in [-0.05, 0) is 66.2 Å². The van der Waals surface area contributed by atoms with E-state index in [0.717, 1.165) is 26.2 Å². The topological polar surface area (TPSA) is 106 Å². The van der Waals surface area contributed by atoms with Crippen molar-refractivity contribution in [2.75, 3.05) is 16.4 Å². The number of nitrogen functional groups attached to an aromatic ring is 1. The van der Waals surface area contributed by atoms with Gasteiger partial charge in [0.25, 0.3) is 5.91 Å². The van der Waals surface area contributed by atoms with E-state index in [1.165, 1.54) is 6.33 Å². The van der Waals surface area contributed by atoms with Crippen molar-refractivity contribution < 1.29 is 4.79 Å². The number of rotatable bonds is 6. The van der Waals surface area contributed by atoms with Gasteiger partial charge >= 0.3 is 0 Å². The number of carbonyl (C=O) groups excluding carboxylic acids is 1. The van der Waals surface area contributed by atoms with E-state index in [9.17, 15) is 4.79 Å². The van der Waals surface area contributed by atoms with Crippen molar-refractivity contribution in [2.24, 2.45) is 0 Å². The number of anilines is 3. The molecule has 0 atom stereocenters. The van der Waals surface area contributed by atoms with Gasteiger partial charge in [0.1, 0.15) is 18.0 Å². The molecule has 0 radical (unpaired) electrons. The van der Waals surface area contributed by atoms with Crippen LogP contribution in [-0.4, -0.2) is 20.9 Å². The van der Waals surface area contributed by atoms with E-state index in [1.54, 1.807) is 53.9 Å². The Kier molecular flexibility index (Phi) is 6.07. The maximum Gasteiger partial charge on any atom is 0.259 e. The summed E-state index contributed by atoms with van der Waals surface area (Å²) in [6.07, 6.45) is 3.12. The molecule has 0 bridgehead atoms. The molecule has 0 aliphatic rings. The lowest BCUT2D eigenvalue weighted by Crippen LogP contribution is -2.15. The van der Waals surface area contributed by atoms with Crippen molar-refractivity contribution in [3.05, 3.63) is 94.7 Å². The first-order valence-corrected chi connectivity index (χ1v) is 11.6. The van der Waals surface area contributed by atoms with Gasteiger partial charge in [-0.15, -0.1) is 11.3 Å². The van der Waals surface area contributed by atoms with Crippen LogP contribution >= 0.6 is 22.9 Å². The number of benzene rings is 2. The monoisotopic (exact) mass is 486 g/mol. The number of amides is 1. The van der Waals surface area contributed by atoms with Gasteiger partial charge < -0.3 is 16.4 Å². The van der Waals surface area contributed by atoms with Gasteiger partial charge in [-0.25, -0.2) is 15.0 Å². The summed E-state index contributed by atoms with van der Waals surface area (Å²) in [5, 5.41) is 7.60. The third-order valence-corrected chi connectivity index (χ3v) is 6.58. The van der Waals surface area contributed by atoms with Gasteiger partial charge in [-0.3, -0.25) is 4.79 Å². The number of aromatic nitrogens is 3. The Morgan fingerprint density at radius 2 is 1.85 bits per heavy atom.